The second-order valence-electron chi connectivity index (χ2n) is 4.22. The van der Waals surface area contributed by atoms with Gasteiger partial charge in [0, 0.05) is 24.8 Å². The number of benzene rings is 1. The summed E-state index contributed by atoms with van der Waals surface area (Å²) in [6, 6.07) is 5.23. The predicted octanol–water partition coefficient (Wildman–Crippen LogP) is 1.20. The van der Waals surface area contributed by atoms with Crippen molar-refractivity contribution < 1.29 is 9.90 Å². The molecule has 0 aliphatic carbocycles. The first-order chi connectivity index (χ1) is 8.58. The minimum Gasteiger partial charge on any atom is -0.397 e. The Morgan fingerprint density at radius 1 is 1.50 bits per heavy atom. The summed E-state index contributed by atoms with van der Waals surface area (Å²) in [5.41, 5.74) is 7.74. The summed E-state index contributed by atoms with van der Waals surface area (Å²) >= 11 is 0. The lowest BCUT2D eigenvalue weighted by atomic mass is 10.1. The van der Waals surface area contributed by atoms with E-state index in [1.165, 1.54) is 0 Å². The largest absolute Gasteiger partial charge is 0.397 e. The first kappa shape index (κ1) is 14.3. The number of hydrogen-bond acceptors (Lipinski definition) is 4. The molecule has 18 heavy (non-hydrogen) atoms. The van der Waals surface area contributed by atoms with E-state index >= 15 is 0 Å². The second kappa shape index (κ2) is 6.86. The highest BCUT2D eigenvalue weighted by atomic mass is 16.3. The maximum absolute atomic E-state index is 11.7. The van der Waals surface area contributed by atoms with E-state index in [1.807, 2.05) is 13.8 Å². The zero-order valence-electron chi connectivity index (χ0n) is 10.9. The number of hydrogen-bond donors (Lipinski definition) is 4. The Labute approximate surface area is 107 Å². The van der Waals surface area contributed by atoms with Crippen molar-refractivity contribution in [3.05, 3.63) is 23.8 Å². The van der Waals surface area contributed by atoms with Gasteiger partial charge < -0.3 is 21.5 Å². The average Bonchev–Trinajstić information content (AvgIpc) is 2.32. The van der Waals surface area contributed by atoms with Crippen molar-refractivity contribution >= 4 is 17.3 Å². The van der Waals surface area contributed by atoms with Crippen LogP contribution in [-0.2, 0) is 0 Å². The van der Waals surface area contributed by atoms with Gasteiger partial charge in [0.2, 0.25) is 0 Å². The van der Waals surface area contributed by atoms with Crippen molar-refractivity contribution in [1.29, 1.82) is 0 Å². The normalized spacial score (nSPS) is 11.9. The van der Waals surface area contributed by atoms with Gasteiger partial charge in [-0.25, -0.2) is 0 Å². The topological polar surface area (TPSA) is 87.4 Å². The standard InChI is InChI=1S/C13H21N3O2/c1-3-15-13(18)10-4-5-11(14)12(8-10)16-9(2)6-7-17/h4-5,8-9,16-17H,3,6-7,14H2,1-2H3,(H,15,18). The zero-order valence-corrected chi connectivity index (χ0v) is 10.9. The van der Waals surface area contributed by atoms with Crippen LogP contribution in [0, 0.1) is 0 Å². The van der Waals surface area contributed by atoms with Gasteiger partial charge in [-0.3, -0.25) is 4.79 Å². The molecule has 5 N–H and O–H groups in total. The van der Waals surface area contributed by atoms with Gasteiger partial charge in [0.15, 0.2) is 0 Å². The fraction of sp³-hybridized carbons (Fsp3) is 0.462. The number of amides is 1. The molecule has 0 radical (unpaired) electrons. The molecule has 0 spiro atoms. The summed E-state index contributed by atoms with van der Waals surface area (Å²) in [5.74, 6) is -0.115. The number of nitrogens with two attached hydrogens (primary N) is 1. The minimum absolute atomic E-state index is 0.0989. The molecule has 5 heteroatoms. The van der Waals surface area contributed by atoms with Crippen LogP contribution in [0.4, 0.5) is 11.4 Å². The zero-order chi connectivity index (χ0) is 13.5. The Bertz CT molecular complexity index is 407. The lowest BCUT2D eigenvalue weighted by Gasteiger charge is -2.16. The van der Waals surface area contributed by atoms with E-state index in [0.717, 1.165) is 5.69 Å². The van der Waals surface area contributed by atoms with Gasteiger partial charge in [0.25, 0.3) is 5.91 Å². The van der Waals surface area contributed by atoms with Crippen LogP contribution < -0.4 is 16.4 Å². The SMILES string of the molecule is CCNC(=O)c1ccc(N)c(NC(C)CCO)c1. The van der Waals surface area contributed by atoms with Gasteiger partial charge in [-0.2, -0.15) is 0 Å². The molecule has 0 aliphatic rings. The third-order valence-electron chi connectivity index (χ3n) is 2.62. The Morgan fingerprint density at radius 3 is 2.83 bits per heavy atom. The number of rotatable bonds is 6. The van der Waals surface area contributed by atoms with Gasteiger partial charge in [-0.1, -0.05) is 0 Å². The molecule has 100 valence electrons. The number of nitrogens with one attached hydrogen (secondary N) is 2. The Kier molecular flexibility index (Phi) is 5.45. The molecule has 0 aliphatic heterocycles. The Balaban J connectivity index is 2.84. The molecule has 1 rings (SSSR count). The highest BCUT2D eigenvalue weighted by Crippen LogP contribution is 2.21. The number of aliphatic hydroxyl groups is 1. The van der Waals surface area contributed by atoms with Crippen LogP contribution in [0.5, 0.6) is 0 Å². The van der Waals surface area contributed by atoms with Crippen LogP contribution in [0.1, 0.15) is 30.6 Å². The van der Waals surface area contributed by atoms with Gasteiger partial charge in [0.1, 0.15) is 0 Å². The molecule has 0 saturated heterocycles. The van der Waals surface area contributed by atoms with Crippen LogP contribution in [0.2, 0.25) is 0 Å². The molecular weight excluding hydrogens is 230 g/mol. The average molecular weight is 251 g/mol. The van der Waals surface area contributed by atoms with Crippen LogP contribution in [0.3, 0.4) is 0 Å². The maximum atomic E-state index is 11.7. The molecule has 1 aromatic rings. The summed E-state index contributed by atoms with van der Waals surface area (Å²) in [6.45, 7) is 4.53. The third kappa shape index (κ3) is 3.92. The van der Waals surface area contributed by atoms with E-state index in [-0.39, 0.29) is 18.6 Å². The Hall–Kier alpha value is -1.75. The van der Waals surface area contributed by atoms with Crippen molar-refractivity contribution in [1.82, 2.24) is 5.32 Å². The monoisotopic (exact) mass is 251 g/mol. The minimum atomic E-state index is -0.115. The number of carbonyl (C=O) groups excluding carboxylic acids is 1. The molecule has 0 heterocycles. The molecule has 1 amide bonds. The van der Waals surface area contributed by atoms with Gasteiger partial charge in [-0.15, -0.1) is 0 Å². The maximum Gasteiger partial charge on any atom is 0.251 e. The van der Waals surface area contributed by atoms with Crippen molar-refractivity contribution in [2.45, 2.75) is 26.3 Å². The molecule has 1 unspecified atom stereocenters. The fourth-order valence-electron chi connectivity index (χ4n) is 1.62. The summed E-state index contributed by atoms with van der Waals surface area (Å²) in [4.78, 5) is 11.7. The van der Waals surface area contributed by atoms with Crippen molar-refractivity contribution in [3.63, 3.8) is 0 Å². The summed E-state index contributed by atoms with van der Waals surface area (Å²) in [7, 11) is 0. The predicted molar refractivity (Wildman–Crippen MR) is 73.6 cm³/mol. The molecular formula is C13H21N3O2. The summed E-state index contributed by atoms with van der Waals surface area (Å²) in [6.07, 6.45) is 0.630. The molecule has 0 bridgehead atoms. The van der Waals surface area contributed by atoms with Gasteiger partial charge >= 0.3 is 0 Å². The smallest absolute Gasteiger partial charge is 0.251 e. The molecule has 0 saturated carbocycles. The number of nitrogen functional groups attached to an aromatic ring is 1. The van der Waals surface area contributed by atoms with E-state index in [0.29, 0.717) is 24.2 Å². The lowest BCUT2D eigenvalue weighted by Crippen LogP contribution is -2.23. The van der Waals surface area contributed by atoms with E-state index < -0.39 is 0 Å². The first-order valence-electron chi connectivity index (χ1n) is 6.13. The summed E-state index contributed by atoms with van der Waals surface area (Å²) in [5, 5.41) is 14.8. The highest BCUT2D eigenvalue weighted by molar-refractivity contribution is 5.96. The number of carbonyl (C=O) groups is 1. The van der Waals surface area contributed by atoms with Crippen LogP contribution in [-0.4, -0.2) is 30.2 Å². The molecule has 0 aromatic heterocycles. The molecule has 1 aromatic carbocycles. The first-order valence-corrected chi connectivity index (χ1v) is 6.13. The fourth-order valence-corrected chi connectivity index (χ4v) is 1.62. The van der Waals surface area contributed by atoms with Crippen LogP contribution in [0.15, 0.2) is 18.2 Å². The third-order valence-corrected chi connectivity index (χ3v) is 2.62. The number of aliphatic hydroxyl groups excluding tert-OH is 1. The number of anilines is 2. The second-order valence-corrected chi connectivity index (χ2v) is 4.22. The van der Waals surface area contributed by atoms with E-state index in [9.17, 15) is 4.79 Å². The van der Waals surface area contributed by atoms with Crippen molar-refractivity contribution in [2.75, 3.05) is 24.2 Å². The van der Waals surface area contributed by atoms with E-state index in [2.05, 4.69) is 10.6 Å². The Morgan fingerprint density at radius 2 is 2.22 bits per heavy atom. The van der Waals surface area contributed by atoms with Crippen molar-refractivity contribution in [3.8, 4) is 0 Å². The van der Waals surface area contributed by atoms with Crippen LogP contribution in [0.25, 0.3) is 0 Å². The summed E-state index contributed by atoms with van der Waals surface area (Å²) < 4.78 is 0. The molecule has 5 nitrogen and oxygen atoms in total. The molecule has 1 atom stereocenters. The molecule has 0 fully saturated rings. The van der Waals surface area contributed by atoms with E-state index in [4.69, 9.17) is 10.8 Å². The van der Waals surface area contributed by atoms with Crippen LogP contribution >= 0.6 is 0 Å². The quantitative estimate of drug-likeness (QED) is 0.572. The van der Waals surface area contributed by atoms with Gasteiger partial charge in [-0.05, 0) is 38.5 Å². The highest BCUT2D eigenvalue weighted by Gasteiger charge is 2.09. The van der Waals surface area contributed by atoms with E-state index in [1.54, 1.807) is 18.2 Å². The lowest BCUT2D eigenvalue weighted by molar-refractivity contribution is 0.0956. The van der Waals surface area contributed by atoms with Crippen molar-refractivity contribution in [2.24, 2.45) is 0 Å². The van der Waals surface area contributed by atoms with Gasteiger partial charge in [0.05, 0.1) is 11.4 Å².